The molecular weight excluding hydrogens is 1020 g/mol. The van der Waals surface area contributed by atoms with Gasteiger partial charge in [-0.05, 0) is 145 Å². The third-order valence-corrected chi connectivity index (χ3v) is 14.7. The number of benzene rings is 7. The molecule has 422 valence electrons. The molecule has 0 spiro atoms. The van der Waals surface area contributed by atoms with E-state index in [9.17, 15) is 19.2 Å². The van der Waals surface area contributed by atoms with Gasteiger partial charge in [-0.2, -0.15) is 0 Å². The van der Waals surface area contributed by atoms with Crippen molar-refractivity contribution >= 4 is 58.0 Å². The van der Waals surface area contributed by atoms with Crippen LogP contribution in [0.3, 0.4) is 0 Å². The molecule has 10 nitrogen and oxygen atoms in total. The largest absolute Gasteiger partial charge is 0.462 e. The van der Waals surface area contributed by atoms with E-state index in [1.807, 2.05) is 0 Å². The van der Waals surface area contributed by atoms with E-state index in [0.29, 0.717) is 48.0 Å². The van der Waals surface area contributed by atoms with Crippen LogP contribution in [0.4, 0.5) is 34.1 Å². The fraction of sp³-hybridized carbons (Fsp3) is 0.250. The smallest absolute Gasteiger partial charge is 0.333 e. The second-order valence-corrected chi connectivity index (χ2v) is 21.9. The van der Waals surface area contributed by atoms with Crippen LogP contribution in [0.1, 0.15) is 99.9 Å². The number of hydrogen-bond acceptors (Lipinski definition) is 10. The van der Waals surface area contributed by atoms with E-state index in [4.69, 9.17) is 18.9 Å². The summed E-state index contributed by atoms with van der Waals surface area (Å²) in [6, 6.07) is 59.6. The van der Waals surface area contributed by atoms with Crippen LogP contribution in [0, 0.1) is 0 Å². The van der Waals surface area contributed by atoms with Gasteiger partial charge in [0.15, 0.2) is 0 Å². The Bertz CT molecular complexity index is 3010. The number of esters is 4. The van der Waals surface area contributed by atoms with Gasteiger partial charge in [0.25, 0.3) is 0 Å². The summed E-state index contributed by atoms with van der Waals surface area (Å²) in [5.74, 6) is -1.57. The lowest BCUT2D eigenvalue weighted by atomic mass is 9.74. The van der Waals surface area contributed by atoms with Crippen molar-refractivity contribution in [1.82, 2.24) is 0 Å². The molecule has 0 atom stereocenters. The maximum atomic E-state index is 12.0. The van der Waals surface area contributed by atoms with Crippen molar-refractivity contribution in [2.75, 3.05) is 36.2 Å². The molecule has 0 bridgehead atoms. The minimum atomic E-state index is -0.394. The Morgan fingerprint density at radius 1 is 0.305 bits per heavy atom. The number of anilines is 6. The molecule has 0 N–H and O–H groups in total. The van der Waals surface area contributed by atoms with Gasteiger partial charge < -0.3 is 28.7 Å². The van der Waals surface area contributed by atoms with Crippen molar-refractivity contribution in [2.24, 2.45) is 0 Å². The summed E-state index contributed by atoms with van der Waals surface area (Å²) in [5.41, 5.74) is 15.6. The monoisotopic (exact) mass is 1100 g/mol. The van der Waals surface area contributed by atoms with Gasteiger partial charge >= 0.3 is 23.9 Å². The molecule has 10 heteroatoms. The number of rotatable bonds is 26. The summed E-state index contributed by atoms with van der Waals surface area (Å²) in [7, 11) is 0. The first kappa shape index (κ1) is 60.6. The van der Waals surface area contributed by atoms with Crippen LogP contribution < -0.4 is 9.80 Å². The van der Waals surface area contributed by atoms with Gasteiger partial charge in [0.1, 0.15) is 0 Å². The molecule has 7 aromatic rings. The summed E-state index contributed by atoms with van der Waals surface area (Å²) in [4.78, 5) is 52.4. The average molecular weight is 1100 g/mol. The summed E-state index contributed by atoms with van der Waals surface area (Å²) in [5, 5.41) is 0. The van der Waals surface area contributed by atoms with Crippen molar-refractivity contribution in [3.63, 3.8) is 0 Å². The highest BCUT2D eigenvalue weighted by molar-refractivity contribution is 5.88. The second-order valence-electron chi connectivity index (χ2n) is 21.9. The molecule has 0 fully saturated rings. The standard InChI is InChI=1S/C72H76N2O8/c1-49(2)67(75)79-45-41-53-13-29-61(30-14-53)73(62-31-15-54(16-32-62)42-46-80-68(76)50(3)4)65-37-25-59(26-38-65)71(9,10)57-21-23-58(24-22-57)72(11,12)60-27-39-66(40-28-60)74(63-33-17-55(18-34-63)43-47-81-69(77)51(5)6)64-35-19-56(20-36-64)44-48-82-70(78)52(7)8/h13-40H,1,3,5,7,41-48H2,2,4,6,8-12H3. The van der Waals surface area contributed by atoms with Crippen molar-refractivity contribution in [1.29, 1.82) is 0 Å². The zero-order valence-corrected chi connectivity index (χ0v) is 48.8. The first-order valence-corrected chi connectivity index (χ1v) is 27.7. The minimum absolute atomic E-state index is 0.265. The maximum absolute atomic E-state index is 12.0. The molecule has 0 saturated heterocycles. The number of ether oxygens (including phenoxy) is 4. The van der Waals surface area contributed by atoms with Crippen LogP contribution in [0.2, 0.25) is 0 Å². The second kappa shape index (κ2) is 27.4. The fourth-order valence-electron chi connectivity index (χ4n) is 9.37. The predicted octanol–water partition coefficient (Wildman–Crippen LogP) is 15.9. The number of nitrogens with zero attached hydrogens (tertiary/aromatic N) is 2. The van der Waals surface area contributed by atoms with Crippen molar-refractivity contribution in [3.8, 4) is 0 Å². The molecule has 82 heavy (non-hydrogen) atoms. The maximum Gasteiger partial charge on any atom is 0.333 e. The van der Waals surface area contributed by atoms with Crippen LogP contribution in [0.15, 0.2) is 218 Å². The van der Waals surface area contributed by atoms with E-state index < -0.39 is 23.9 Å². The summed E-state index contributed by atoms with van der Waals surface area (Å²) in [6.07, 6.45) is 2.31. The average Bonchev–Trinajstić information content (AvgIpc) is 3.66. The molecule has 0 heterocycles. The lowest BCUT2D eigenvalue weighted by Crippen LogP contribution is -2.22. The molecule has 0 aliphatic rings. The van der Waals surface area contributed by atoms with E-state index in [2.05, 4.69) is 234 Å². The highest BCUT2D eigenvalue weighted by atomic mass is 16.5. The quantitative estimate of drug-likeness (QED) is 0.0295. The lowest BCUT2D eigenvalue weighted by Gasteiger charge is -2.31. The summed E-state index contributed by atoms with van der Waals surface area (Å²) in [6.45, 7) is 31.4. The summed E-state index contributed by atoms with van der Waals surface area (Å²) < 4.78 is 21.5. The normalized spacial score (nSPS) is 11.2. The molecule has 0 aliphatic carbocycles. The van der Waals surface area contributed by atoms with Crippen LogP contribution >= 0.6 is 0 Å². The molecule has 0 saturated carbocycles. The Labute approximate surface area is 485 Å². The topological polar surface area (TPSA) is 112 Å². The fourth-order valence-corrected chi connectivity index (χ4v) is 9.37. The molecule has 0 unspecified atom stereocenters. The zero-order valence-electron chi connectivity index (χ0n) is 48.8. The van der Waals surface area contributed by atoms with Gasteiger partial charge in [0.2, 0.25) is 0 Å². The van der Waals surface area contributed by atoms with Crippen LogP contribution in [0.5, 0.6) is 0 Å². The highest BCUT2D eigenvalue weighted by Gasteiger charge is 2.28. The Morgan fingerprint density at radius 2 is 0.463 bits per heavy atom. The van der Waals surface area contributed by atoms with Crippen LogP contribution in [-0.4, -0.2) is 50.3 Å². The first-order chi connectivity index (χ1) is 39.1. The molecular formula is C72H76N2O8. The lowest BCUT2D eigenvalue weighted by molar-refractivity contribution is -0.139. The van der Waals surface area contributed by atoms with Crippen LogP contribution in [-0.2, 0) is 74.6 Å². The van der Waals surface area contributed by atoms with Crippen LogP contribution in [0.25, 0.3) is 0 Å². The Kier molecular flexibility index (Phi) is 20.3. The molecule has 7 aromatic carbocycles. The van der Waals surface area contributed by atoms with Gasteiger partial charge in [0.05, 0.1) is 26.4 Å². The molecule has 0 amide bonds. The molecule has 0 radical (unpaired) electrons. The number of carbonyl (C=O) groups excluding carboxylic acids is 4. The Morgan fingerprint density at radius 3 is 0.634 bits per heavy atom. The van der Waals surface area contributed by atoms with E-state index in [-0.39, 0.29) is 37.3 Å². The van der Waals surface area contributed by atoms with E-state index in [0.717, 1.165) is 56.4 Å². The van der Waals surface area contributed by atoms with E-state index >= 15 is 0 Å². The van der Waals surface area contributed by atoms with E-state index in [1.54, 1.807) is 27.7 Å². The minimum Gasteiger partial charge on any atom is -0.462 e. The van der Waals surface area contributed by atoms with Gasteiger partial charge in [0, 0.05) is 92.9 Å². The van der Waals surface area contributed by atoms with Crippen molar-refractivity contribution < 1.29 is 38.1 Å². The molecule has 0 aromatic heterocycles. The highest BCUT2D eigenvalue weighted by Crippen LogP contribution is 2.41. The zero-order chi connectivity index (χ0) is 59.1. The van der Waals surface area contributed by atoms with Gasteiger partial charge in [-0.25, -0.2) is 19.2 Å². The van der Waals surface area contributed by atoms with Gasteiger partial charge in [-0.1, -0.05) is 151 Å². The van der Waals surface area contributed by atoms with Crippen molar-refractivity contribution in [3.05, 3.63) is 263 Å². The SMILES string of the molecule is C=C(C)C(=O)OCCc1ccc(N(c2ccc(CCOC(=O)C(=C)C)cc2)c2ccc(C(C)(C)c3ccc(C(C)(C)c4ccc(N(c5ccc(CCOC(=O)C(=C)C)cc5)c5ccc(CCOC(=O)C(=C)C)cc5)cc4)cc3)cc2)cc1. The van der Waals surface area contributed by atoms with Crippen molar-refractivity contribution in [2.45, 2.75) is 91.9 Å². The number of hydrogen-bond donors (Lipinski definition) is 0. The van der Waals surface area contributed by atoms with Gasteiger partial charge in [-0.3, -0.25) is 0 Å². The summed E-state index contributed by atoms with van der Waals surface area (Å²) >= 11 is 0. The Balaban J connectivity index is 1.09. The number of carbonyl (C=O) groups is 4. The Hall–Kier alpha value is -9.02. The first-order valence-electron chi connectivity index (χ1n) is 27.7. The predicted molar refractivity (Wildman–Crippen MR) is 331 cm³/mol. The van der Waals surface area contributed by atoms with Gasteiger partial charge in [-0.15, -0.1) is 0 Å². The van der Waals surface area contributed by atoms with E-state index in [1.165, 1.54) is 22.3 Å². The third-order valence-electron chi connectivity index (χ3n) is 14.7. The molecule has 7 rings (SSSR count). The molecule has 0 aliphatic heterocycles. The third kappa shape index (κ3) is 15.7.